The maximum absolute atomic E-state index is 13.6. The van der Waals surface area contributed by atoms with Gasteiger partial charge in [0.05, 0.1) is 18.3 Å². The van der Waals surface area contributed by atoms with E-state index in [-0.39, 0.29) is 5.56 Å². The average Bonchev–Trinajstić information content (AvgIpc) is 3.09. The van der Waals surface area contributed by atoms with E-state index in [1.54, 1.807) is 0 Å². The van der Waals surface area contributed by atoms with Crippen molar-refractivity contribution in [1.29, 1.82) is 0 Å². The van der Waals surface area contributed by atoms with Gasteiger partial charge in [0.25, 0.3) is 5.91 Å². The topological polar surface area (TPSA) is 54.4 Å². The van der Waals surface area contributed by atoms with Crippen LogP contribution < -0.4 is 5.32 Å². The zero-order chi connectivity index (χ0) is 18.1. The number of aliphatic imine (C=N–C) groups is 1. The Morgan fingerprint density at radius 2 is 1.96 bits per heavy atom. The van der Waals surface area contributed by atoms with Crippen molar-refractivity contribution < 1.29 is 9.18 Å². The summed E-state index contributed by atoms with van der Waals surface area (Å²) in [4.78, 5) is 20.1. The number of nitrogens with zero attached hydrogens (tertiary/aromatic N) is 2. The number of hydrogen-bond donors (Lipinski definition) is 1. The van der Waals surface area contributed by atoms with Crippen LogP contribution >= 0.6 is 0 Å². The summed E-state index contributed by atoms with van der Waals surface area (Å²) in [5, 5.41) is 2.71. The SMILES string of the molecule is Cc1cc2c(cc1-c1ccc(NC(=O)c3ccncc3F)cc1)C=NC2. The summed E-state index contributed by atoms with van der Waals surface area (Å²) in [7, 11) is 0. The quantitative estimate of drug-likeness (QED) is 0.766. The van der Waals surface area contributed by atoms with Crippen LogP contribution in [-0.2, 0) is 6.54 Å². The molecule has 1 aromatic heterocycles. The number of fused-ring (bicyclic) bond motifs is 1. The zero-order valence-corrected chi connectivity index (χ0v) is 14.2. The first-order valence-corrected chi connectivity index (χ1v) is 8.26. The fourth-order valence-corrected chi connectivity index (χ4v) is 3.09. The lowest BCUT2D eigenvalue weighted by Crippen LogP contribution is -2.13. The second-order valence-corrected chi connectivity index (χ2v) is 6.22. The van der Waals surface area contributed by atoms with Crippen molar-refractivity contribution in [3.05, 3.63) is 82.9 Å². The summed E-state index contributed by atoms with van der Waals surface area (Å²) < 4.78 is 13.6. The third-order valence-corrected chi connectivity index (χ3v) is 4.45. The molecule has 0 radical (unpaired) electrons. The van der Waals surface area contributed by atoms with Gasteiger partial charge in [-0.3, -0.25) is 14.8 Å². The van der Waals surface area contributed by atoms with Crippen molar-refractivity contribution in [3.63, 3.8) is 0 Å². The van der Waals surface area contributed by atoms with Gasteiger partial charge in [-0.05, 0) is 59.0 Å². The van der Waals surface area contributed by atoms with E-state index >= 15 is 0 Å². The van der Waals surface area contributed by atoms with Crippen molar-refractivity contribution >= 4 is 17.8 Å². The number of carbonyl (C=O) groups is 1. The van der Waals surface area contributed by atoms with Gasteiger partial charge in [-0.1, -0.05) is 18.2 Å². The van der Waals surface area contributed by atoms with Crippen LogP contribution in [0.1, 0.15) is 27.0 Å². The van der Waals surface area contributed by atoms with E-state index in [1.807, 2.05) is 30.5 Å². The Balaban J connectivity index is 1.57. The van der Waals surface area contributed by atoms with Crippen molar-refractivity contribution in [1.82, 2.24) is 4.98 Å². The number of nitrogens with one attached hydrogen (secondary N) is 1. The van der Waals surface area contributed by atoms with E-state index in [9.17, 15) is 9.18 Å². The summed E-state index contributed by atoms with van der Waals surface area (Å²) in [5.74, 6) is -1.14. The summed E-state index contributed by atoms with van der Waals surface area (Å²) in [5.41, 5.74) is 6.34. The predicted octanol–water partition coefficient (Wildman–Crippen LogP) is 4.38. The number of rotatable bonds is 3. The van der Waals surface area contributed by atoms with E-state index in [4.69, 9.17) is 0 Å². The van der Waals surface area contributed by atoms with E-state index < -0.39 is 11.7 Å². The monoisotopic (exact) mass is 345 g/mol. The van der Waals surface area contributed by atoms with Gasteiger partial charge >= 0.3 is 0 Å². The molecule has 4 rings (SSSR count). The van der Waals surface area contributed by atoms with Crippen molar-refractivity contribution in [2.75, 3.05) is 5.32 Å². The molecule has 3 aromatic rings. The lowest BCUT2D eigenvalue weighted by atomic mass is 9.95. The molecule has 128 valence electrons. The molecule has 26 heavy (non-hydrogen) atoms. The molecular formula is C21H16FN3O. The number of pyridine rings is 1. The Kier molecular flexibility index (Phi) is 4.05. The van der Waals surface area contributed by atoms with Crippen LogP contribution in [0.4, 0.5) is 10.1 Å². The molecule has 0 aliphatic carbocycles. The normalized spacial score (nSPS) is 12.1. The summed E-state index contributed by atoms with van der Waals surface area (Å²) in [6.07, 6.45) is 4.31. The molecule has 1 aliphatic heterocycles. The molecule has 2 heterocycles. The van der Waals surface area contributed by atoms with Crippen LogP contribution in [0.3, 0.4) is 0 Å². The van der Waals surface area contributed by atoms with Crippen molar-refractivity contribution in [2.24, 2.45) is 4.99 Å². The Bertz CT molecular complexity index is 1030. The number of anilines is 1. The number of carbonyl (C=O) groups excluding carboxylic acids is 1. The van der Waals surface area contributed by atoms with Gasteiger partial charge in [0.2, 0.25) is 0 Å². The van der Waals surface area contributed by atoms with E-state index in [2.05, 4.69) is 34.3 Å². The molecule has 0 saturated carbocycles. The van der Waals surface area contributed by atoms with Gasteiger partial charge < -0.3 is 5.32 Å². The van der Waals surface area contributed by atoms with Crippen LogP contribution in [0.2, 0.25) is 0 Å². The molecule has 0 saturated heterocycles. The predicted molar refractivity (Wildman–Crippen MR) is 100 cm³/mol. The minimum absolute atomic E-state index is 0.0298. The number of aryl methyl sites for hydroxylation is 1. The molecule has 5 heteroatoms. The highest BCUT2D eigenvalue weighted by Crippen LogP contribution is 2.29. The van der Waals surface area contributed by atoms with Crippen LogP contribution in [0.15, 0.2) is 59.9 Å². The maximum Gasteiger partial charge on any atom is 0.258 e. The van der Waals surface area contributed by atoms with Crippen LogP contribution in [0, 0.1) is 12.7 Å². The lowest BCUT2D eigenvalue weighted by Gasteiger charge is -2.11. The number of benzene rings is 2. The van der Waals surface area contributed by atoms with Crippen molar-refractivity contribution in [3.8, 4) is 11.1 Å². The smallest absolute Gasteiger partial charge is 0.258 e. The highest BCUT2D eigenvalue weighted by molar-refractivity contribution is 6.04. The molecule has 2 aromatic carbocycles. The third-order valence-electron chi connectivity index (χ3n) is 4.45. The van der Waals surface area contributed by atoms with E-state index in [0.29, 0.717) is 5.69 Å². The fourth-order valence-electron chi connectivity index (χ4n) is 3.09. The molecule has 0 spiro atoms. The minimum Gasteiger partial charge on any atom is -0.322 e. The zero-order valence-electron chi connectivity index (χ0n) is 14.2. The molecule has 1 aliphatic rings. The van der Waals surface area contributed by atoms with Crippen molar-refractivity contribution in [2.45, 2.75) is 13.5 Å². The number of halogens is 1. The molecule has 1 amide bonds. The number of hydrogen-bond acceptors (Lipinski definition) is 3. The molecule has 1 N–H and O–H groups in total. The summed E-state index contributed by atoms with van der Waals surface area (Å²) in [6.45, 7) is 2.82. The molecule has 0 bridgehead atoms. The fraction of sp³-hybridized carbons (Fsp3) is 0.0952. The summed E-state index contributed by atoms with van der Waals surface area (Å²) >= 11 is 0. The maximum atomic E-state index is 13.6. The first kappa shape index (κ1) is 16.1. The third kappa shape index (κ3) is 2.99. The largest absolute Gasteiger partial charge is 0.322 e. The first-order chi connectivity index (χ1) is 12.6. The van der Waals surface area contributed by atoms with Gasteiger partial charge in [-0.25, -0.2) is 4.39 Å². The van der Waals surface area contributed by atoms with Gasteiger partial charge in [0, 0.05) is 18.1 Å². The van der Waals surface area contributed by atoms with Crippen LogP contribution in [0.5, 0.6) is 0 Å². The van der Waals surface area contributed by atoms with E-state index in [0.717, 1.165) is 29.4 Å². The van der Waals surface area contributed by atoms with Crippen LogP contribution in [0.25, 0.3) is 11.1 Å². The lowest BCUT2D eigenvalue weighted by molar-refractivity contribution is 0.102. The summed E-state index contributed by atoms with van der Waals surface area (Å²) in [6, 6.07) is 13.2. The second-order valence-electron chi connectivity index (χ2n) is 6.22. The number of aromatic nitrogens is 1. The Hall–Kier alpha value is -3.34. The Morgan fingerprint density at radius 1 is 1.15 bits per heavy atom. The molecule has 0 atom stereocenters. The first-order valence-electron chi connectivity index (χ1n) is 8.26. The average molecular weight is 345 g/mol. The number of amides is 1. The minimum atomic E-state index is -0.642. The Labute approximate surface area is 150 Å². The van der Waals surface area contributed by atoms with Gasteiger partial charge in [-0.15, -0.1) is 0 Å². The van der Waals surface area contributed by atoms with Gasteiger partial charge in [0.1, 0.15) is 0 Å². The van der Waals surface area contributed by atoms with Crippen LogP contribution in [-0.4, -0.2) is 17.1 Å². The molecular weight excluding hydrogens is 329 g/mol. The second kappa shape index (κ2) is 6.52. The van der Waals surface area contributed by atoms with Gasteiger partial charge in [-0.2, -0.15) is 0 Å². The Morgan fingerprint density at radius 3 is 2.73 bits per heavy atom. The highest BCUT2D eigenvalue weighted by Gasteiger charge is 2.13. The molecule has 0 unspecified atom stereocenters. The highest BCUT2D eigenvalue weighted by atomic mass is 19.1. The molecule has 4 nitrogen and oxygen atoms in total. The standard InChI is InChI=1S/C21H16FN3O/c1-13-8-15-10-24-11-16(15)9-19(13)14-2-4-17(5-3-14)25-21(26)18-6-7-23-12-20(18)22/h2-9,11-12H,10H2,1H3,(H,25,26). The van der Waals surface area contributed by atoms with E-state index in [1.165, 1.54) is 23.4 Å². The molecule has 0 fully saturated rings. The van der Waals surface area contributed by atoms with Gasteiger partial charge in [0.15, 0.2) is 5.82 Å².